The molecule has 0 fully saturated rings. The number of hydrogen-bond acceptors (Lipinski definition) is 2. The number of amides is 1. The number of carbonyl (C=O) groups excluding carboxylic acids is 1. The predicted octanol–water partition coefficient (Wildman–Crippen LogP) is 2.50. The van der Waals surface area contributed by atoms with Crippen molar-refractivity contribution in [2.24, 2.45) is 0 Å². The summed E-state index contributed by atoms with van der Waals surface area (Å²) in [6, 6.07) is 4.93. The summed E-state index contributed by atoms with van der Waals surface area (Å²) in [5, 5.41) is 12.0. The van der Waals surface area contributed by atoms with Crippen LogP contribution in [0.4, 0.5) is 5.69 Å². The maximum Gasteiger partial charge on any atom is 0.224 e. The van der Waals surface area contributed by atoms with Gasteiger partial charge in [0.1, 0.15) is 5.75 Å². The molecule has 0 bridgehead atoms. The number of hydrogen-bond donors (Lipinski definition) is 2. The first-order chi connectivity index (χ1) is 6.13. The molecular weight excluding hydrogens is 234 g/mol. The van der Waals surface area contributed by atoms with E-state index in [1.807, 2.05) is 0 Å². The number of carbonyl (C=O) groups is 1. The lowest BCUT2D eigenvalue weighted by Gasteiger charge is -2.05. The normalized spacial score (nSPS) is 9.69. The number of halogens is 1. The fourth-order valence-corrected chi connectivity index (χ4v) is 1.20. The molecule has 0 radical (unpaired) electrons. The van der Waals surface area contributed by atoms with Crippen molar-refractivity contribution in [1.82, 2.24) is 0 Å². The van der Waals surface area contributed by atoms with Crippen molar-refractivity contribution in [3.63, 3.8) is 0 Å². The second kappa shape index (κ2) is 4.28. The molecular formula is C9H10BrNO2. The van der Waals surface area contributed by atoms with E-state index in [4.69, 9.17) is 0 Å². The van der Waals surface area contributed by atoms with E-state index in [1.54, 1.807) is 19.1 Å². The van der Waals surface area contributed by atoms with Gasteiger partial charge in [0.15, 0.2) is 0 Å². The van der Waals surface area contributed by atoms with Crippen LogP contribution >= 0.6 is 15.9 Å². The molecule has 0 spiro atoms. The second-order valence-electron chi connectivity index (χ2n) is 2.56. The van der Waals surface area contributed by atoms with Crippen molar-refractivity contribution in [2.75, 3.05) is 5.32 Å². The minimum atomic E-state index is -0.113. The van der Waals surface area contributed by atoms with E-state index in [0.29, 0.717) is 12.1 Å². The maximum atomic E-state index is 11.0. The van der Waals surface area contributed by atoms with Crippen molar-refractivity contribution in [3.8, 4) is 5.75 Å². The average molecular weight is 244 g/mol. The van der Waals surface area contributed by atoms with Gasteiger partial charge in [-0.15, -0.1) is 0 Å². The number of benzene rings is 1. The van der Waals surface area contributed by atoms with Gasteiger partial charge in [-0.25, -0.2) is 0 Å². The monoisotopic (exact) mass is 243 g/mol. The predicted molar refractivity (Wildman–Crippen MR) is 54.7 cm³/mol. The highest BCUT2D eigenvalue weighted by Crippen LogP contribution is 2.26. The topological polar surface area (TPSA) is 49.3 Å². The number of phenolic OH excluding ortho intramolecular Hbond substituents is 1. The zero-order valence-corrected chi connectivity index (χ0v) is 8.76. The molecule has 13 heavy (non-hydrogen) atoms. The fraction of sp³-hybridized carbons (Fsp3) is 0.222. The first kappa shape index (κ1) is 10.1. The molecule has 0 aliphatic rings. The summed E-state index contributed by atoms with van der Waals surface area (Å²) < 4.78 is 0.777. The molecule has 0 saturated carbocycles. The lowest BCUT2D eigenvalue weighted by molar-refractivity contribution is -0.115. The van der Waals surface area contributed by atoms with Crippen LogP contribution in [0.1, 0.15) is 13.3 Å². The van der Waals surface area contributed by atoms with Crippen LogP contribution in [0, 0.1) is 0 Å². The minimum absolute atomic E-state index is 0.0659. The minimum Gasteiger partial charge on any atom is -0.506 e. The molecule has 0 aliphatic heterocycles. The molecule has 0 unspecified atom stereocenters. The lowest BCUT2D eigenvalue weighted by Crippen LogP contribution is -2.09. The zero-order chi connectivity index (χ0) is 9.84. The van der Waals surface area contributed by atoms with Crippen LogP contribution in [-0.4, -0.2) is 11.0 Å². The fourth-order valence-electron chi connectivity index (χ4n) is 0.849. The Balaban J connectivity index is 2.83. The Hall–Kier alpha value is -1.03. The van der Waals surface area contributed by atoms with Gasteiger partial charge in [-0.2, -0.15) is 0 Å². The molecule has 4 heteroatoms. The van der Waals surface area contributed by atoms with E-state index in [2.05, 4.69) is 21.2 Å². The van der Waals surface area contributed by atoms with Gasteiger partial charge in [-0.1, -0.05) is 22.9 Å². The maximum absolute atomic E-state index is 11.0. The van der Waals surface area contributed by atoms with E-state index in [-0.39, 0.29) is 11.7 Å². The summed E-state index contributed by atoms with van der Waals surface area (Å²) in [5.74, 6) is -0.0474. The highest BCUT2D eigenvalue weighted by molar-refractivity contribution is 9.10. The third kappa shape index (κ3) is 2.73. The Kier molecular flexibility index (Phi) is 3.31. The quantitative estimate of drug-likeness (QED) is 0.785. The third-order valence-corrected chi connectivity index (χ3v) is 2.05. The summed E-state index contributed by atoms with van der Waals surface area (Å²) in [6.45, 7) is 1.76. The van der Waals surface area contributed by atoms with Gasteiger partial charge in [0.05, 0.1) is 5.69 Å². The zero-order valence-electron chi connectivity index (χ0n) is 7.17. The van der Waals surface area contributed by atoms with Crippen molar-refractivity contribution < 1.29 is 9.90 Å². The van der Waals surface area contributed by atoms with Crippen LogP contribution < -0.4 is 5.32 Å². The van der Waals surface area contributed by atoms with Gasteiger partial charge in [-0.05, 0) is 18.2 Å². The summed E-state index contributed by atoms with van der Waals surface area (Å²) in [7, 11) is 0. The van der Waals surface area contributed by atoms with Crippen molar-refractivity contribution in [1.29, 1.82) is 0 Å². The highest BCUT2D eigenvalue weighted by atomic mass is 79.9. The van der Waals surface area contributed by atoms with Crippen molar-refractivity contribution in [3.05, 3.63) is 22.7 Å². The number of anilines is 1. The standard InChI is InChI=1S/C9H10BrNO2/c1-2-9(13)11-7-4-3-6(10)5-8(7)12/h3-5,12H,2H2,1H3,(H,11,13). The molecule has 0 aliphatic carbocycles. The summed E-state index contributed by atoms with van der Waals surface area (Å²) in [5.41, 5.74) is 0.440. The summed E-state index contributed by atoms with van der Waals surface area (Å²) >= 11 is 3.21. The van der Waals surface area contributed by atoms with E-state index in [9.17, 15) is 9.90 Å². The second-order valence-corrected chi connectivity index (χ2v) is 3.48. The van der Waals surface area contributed by atoms with Gasteiger partial charge < -0.3 is 10.4 Å². The Morgan fingerprint density at radius 1 is 1.62 bits per heavy atom. The summed E-state index contributed by atoms with van der Waals surface area (Å²) in [6.07, 6.45) is 0.398. The van der Waals surface area contributed by atoms with Crippen LogP contribution in [0.5, 0.6) is 5.75 Å². The molecule has 70 valence electrons. The number of aromatic hydroxyl groups is 1. The Morgan fingerprint density at radius 2 is 2.31 bits per heavy atom. The van der Waals surface area contributed by atoms with E-state index >= 15 is 0 Å². The number of nitrogens with one attached hydrogen (secondary N) is 1. The van der Waals surface area contributed by atoms with Crippen LogP contribution in [0.3, 0.4) is 0 Å². The van der Waals surface area contributed by atoms with Gasteiger partial charge in [0.2, 0.25) is 5.91 Å². The highest BCUT2D eigenvalue weighted by Gasteiger charge is 2.03. The first-order valence-electron chi connectivity index (χ1n) is 3.92. The number of rotatable bonds is 2. The van der Waals surface area contributed by atoms with E-state index in [0.717, 1.165) is 4.47 Å². The largest absolute Gasteiger partial charge is 0.506 e. The average Bonchev–Trinajstić information content (AvgIpc) is 2.09. The molecule has 3 nitrogen and oxygen atoms in total. The molecule has 0 atom stereocenters. The molecule has 1 aromatic carbocycles. The Labute approximate surface area is 84.9 Å². The van der Waals surface area contributed by atoms with Gasteiger partial charge in [0, 0.05) is 10.9 Å². The molecule has 0 heterocycles. The molecule has 1 amide bonds. The Bertz CT molecular complexity index is 325. The lowest BCUT2D eigenvalue weighted by atomic mass is 10.3. The van der Waals surface area contributed by atoms with E-state index in [1.165, 1.54) is 6.07 Å². The number of phenols is 1. The van der Waals surface area contributed by atoms with Gasteiger partial charge in [-0.3, -0.25) is 4.79 Å². The Morgan fingerprint density at radius 3 is 2.85 bits per heavy atom. The third-order valence-electron chi connectivity index (χ3n) is 1.55. The van der Waals surface area contributed by atoms with Crippen LogP contribution in [0.2, 0.25) is 0 Å². The summed E-state index contributed by atoms with van der Waals surface area (Å²) in [4.78, 5) is 11.0. The molecule has 1 aromatic rings. The van der Waals surface area contributed by atoms with Crippen LogP contribution in [0.15, 0.2) is 22.7 Å². The van der Waals surface area contributed by atoms with Gasteiger partial charge >= 0.3 is 0 Å². The SMILES string of the molecule is CCC(=O)Nc1ccc(Br)cc1O. The molecule has 0 saturated heterocycles. The molecule has 2 N–H and O–H groups in total. The van der Waals surface area contributed by atoms with Gasteiger partial charge in [0.25, 0.3) is 0 Å². The van der Waals surface area contributed by atoms with Crippen LogP contribution in [0.25, 0.3) is 0 Å². The van der Waals surface area contributed by atoms with Crippen molar-refractivity contribution in [2.45, 2.75) is 13.3 Å². The molecule has 1 rings (SSSR count). The van der Waals surface area contributed by atoms with E-state index < -0.39 is 0 Å². The molecule has 0 aromatic heterocycles. The van der Waals surface area contributed by atoms with Crippen molar-refractivity contribution >= 4 is 27.5 Å². The smallest absolute Gasteiger partial charge is 0.224 e. The first-order valence-corrected chi connectivity index (χ1v) is 4.71. The van der Waals surface area contributed by atoms with Crippen LogP contribution in [-0.2, 0) is 4.79 Å².